The summed E-state index contributed by atoms with van der Waals surface area (Å²) in [6.07, 6.45) is -4.50. The van der Waals surface area contributed by atoms with Crippen LogP contribution in [0.15, 0.2) is 42.5 Å². The van der Waals surface area contributed by atoms with E-state index < -0.39 is 35.9 Å². The van der Waals surface area contributed by atoms with Crippen molar-refractivity contribution >= 4 is 11.7 Å². The summed E-state index contributed by atoms with van der Waals surface area (Å²) in [5.41, 5.74) is -0.693. The zero-order valence-electron chi connectivity index (χ0n) is 12.9. The highest BCUT2D eigenvalue weighted by atomic mass is 19.4. The number of carbonyl (C=O) groups excluding carboxylic acids is 1. The molecule has 2 rings (SSSR count). The predicted molar refractivity (Wildman–Crippen MR) is 80.3 cm³/mol. The second kappa shape index (κ2) is 7.98. The van der Waals surface area contributed by atoms with Crippen LogP contribution in [0.5, 0.6) is 5.75 Å². The van der Waals surface area contributed by atoms with E-state index in [0.717, 1.165) is 30.3 Å². The first kappa shape index (κ1) is 19.4. The molecule has 0 saturated heterocycles. The second-order valence-electron chi connectivity index (χ2n) is 5.03. The minimum absolute atomic E-state index is 0.0503. The molecule has 10 heteroatoms. The molecule has 0 spiro atoms. The summed E-state index contributed by atoms with van der Waals surface area (Å²) >= 11 is 0. The molecule has 2 N–H and O–H groups in total. The third-order valence-corrected chi connectivity index (χ3v) is 3.11. The molecule has 0 aromatic heterocycles. The maximum Gasteiger partial charge on any atom is 0.416 e. The Bertz CT molecular complexity index is 780. The fourth-order valence-electron chi connectivity index (χ4n) is 1.99. The van der Waals surface area contributed by atoms with Crippen molar-refractivity contribution in [3.63, 3.8) is 0 Å². The summed E-state index contributed by atoms with van der Waals surface area (Å²) in [6, 6.07) is 6.37. The van der Waals surface area contributed by atoms with Crippen LogP contribution in [0.25, 0.3) is 0 Å². The van der Waals surface area contributed by atoms with E-state index in [4.69, 9.17) is 0 Å². The van der Waals surface area contributed by atoms with Gasteiger partial charge in [0.05, 0.1) is 5.56 Å². The molecular formula is C16H12F6N2O2. The fraction of sp³-hybridized carbons (Fsp3) is 0.188. The number of ether oxygens (including phenoxy) is 1. The van der Waals surface area contributed by atoms with Gasteiger partial charge in [0.1, 0.15) is 0 Å². The Hall–Kier alpha value is -2.91. The molecule has 26 heavy (non-hydrogen) atoms. The van der Waals surface area contributed by atoms with Gasteiger partial charge in [-0.3, -0.25) is 0 Å². The smallest absolute Gasteiger partial charge is 0.416 e. The minimum atomic E-state index is -4.50. The SMILES string of the molecule is O=C(NCc1cccc(C(F)(F)F)c1)Nc1ccc(OC(F)F)c(F)c1. The number of urea groups is 1. The lowest BCUT2D eigenvalue weighted by Gasteiger charge is -2.11. The molecule has 2 aromatic rings. The molecule has 0 aliphatic carbocycles. The van der Waals surface area contributed by atoms with Gasteiger partial charge in [-0.05, 0) is 29.8 Å². The molecule has 2 aromatic carbocycles. The Labute approximate surface area is 143 Å². The molecule has 0 bridgehead atoms. The maximum atomic E-state index is 13.5. The summed E-state index contributed by atoms with van der Waals surface area (Å²) in [5.74, 6) is -1.80. The molecule has 0 radical (unpaired) electrons. The van der Waals surface area contributed by atoms with Gasteiger partial charge in [-0.15, -0.1) is 0 Å². The Morgan fingerprint density at radius 1 is 1.12 bits per heavy atom. The van der Waals surface area contributed by atoms with Gasteiger partial charge < -0.3 is 15.4 Å². The molecule has 140 valence electrons. The monoisotopic (exact) mass is 378 g/mol. The van der Waals surface area contributed by atoms with Crippen molar-refractivity contribution in [2.75, 3.05) is 5.32 Å². The van der Waals surface area contributed by atoms with Crippen LogP contribution < -0.4 is 15.4 Å². The van der Waals surface area contributed by atoms with Gasteiger partial charge in [-0.25, -0.2) is 9.18 Å². The molecule has 2 amide bonds. The summed E-state index contributed by atoms with van der Waals surface area (Å²) in [4.78, 5) is 11.7. The third-order valence-electron chi connectivity index (χ3n) is 3.11. The zero-order valence-corrected chi connectivity index (χ0v) is 12.9. The van der Waals surface area contributed by atoms with Crippen molar-refractivity contribution in [2.24, 2.45) is 0 Å². The lowest BCUT2D eigenvalue weighted by molar-refractivity contribution is -0.137. The van der Waals surface area contributed by atoms with E-state index in [0.29, 0.717) is 0 Å². The fourth-order valence-corrected chi connectivity index (χ4v) is 1.99. The van der Waals surface area contributed by atoms with Crippen LogP contribution in [-0.4, -0.2) is 12.6 Å². The van der Waals surface area contributed by atoms with E-state index in [1.807, 2.05) is 0 Å². The topological polar surface area (TPSA) is 50.4 Å². The lowest BCUT2D eigenvalue weighted by Crippen LogP contribution is -2.28. The molecular weight excluding hydrogens is 366 g/mol. The molecule has 0 fully saturated rings. The van der Waals surface area contributed by atoms with E-state index in [-0.39, 0.29) is 17.8 Å². The first-order chi connectivity index (χ1) is 12.1. The van der Waals surface area contributed by atoms with Crippen LogP contribution in [0.2, 0.25) is 0 Å². The number of halogens is 6. The van der Waals surface area contributed by atoms with Crippen molar-refractivity contribution in [3.8, 4) is 5.75 Å². The average molecular weight is 378 g/mol. The average Bonchev–Trinajstić information content (AvgIpc) is 2.55. The van der Waals surface area contributed by atoms with Crippen molar-refractivity contribution in [1.82, 2.24) is 5.32 Å². The Morgan fingerprint density at radius 2 is 1.85 bits per heavy atom. The van der Waals surface area contributed by atoms with Gasteiger partial charge in [0.2, 0.25) is 0 Å². The van der Waals surface area contributed by atoms with E-state index in [2.05, 4.69) is 15.4 Å². The van der Waals surface area contributed by atoms with Crippen LogP contribution in [0.4, 0.5) is 36.8 Å². The summed E-state index contributed by atoms with van der Waals surface area (Å²) < 4.78 is 79.4. The number of amides is 2. The number of benzene rings is 2. The van der Waals surface area contributed by atoms with Crippen LogP contribution in [-0.2, 0) is 12.7 Å². The van der Waals surface area contributed by atoms with E-state index in [1.165, 1.54) is 12.1 Å². The summed E-state index contributed by atoms with van der Waals surface area (Å²) in [7, 11) is 0. The van der Waals surface area contributed by atoms with Gasteiger partial charge >= 0.3 is 18.8 Å². The van der Waals surface area contributed by atoms with Crippen LogP contribution in [0.3, 0.4) is 0 Å². The molecule has 0 aliphatic rings. The Kier molecular flexibility index (Phi) is 5.96. The van der Waals surface area contributed by atoms with Crippen LogP contribution >= 0.6 is 0 Å². The minimum Gasteiger partial charge on any atom is -0.432 e. The highest BCUT2D eigenvalue weighted by Gasteiger charge is 2.30. The van der Waals surface area contributed by atoms with E-state index in [9.17, 15) is 31.1 Å². The summed E-state index contributed by atoms with van der Waals surface area (Å²) in [5, 5.41) is 4.52. The van der Waals surface area contributed by atoms with Gasteiger partial charge in [-0.2, -0.15) is 22.0 Å². The zero-order chi connectivity index (χ0) is 19.3. The number of rotatable bonds is 5. The quantitative estimate of drug-likeness (QED) is 0.737. The molecule has 0 saturated carbocycles. The lowest BCUT2D eigenvalue weighted by atomic mass is 10.1. The number of nitrogens with one attached hydrogen (secondary N) is 2. The molecule has 0 unspecified atom stereocenters. The number of alkyl halides is 5. The molecule has 0 atom stereocenters. The van der Waals surface area contributed by atoms with Crippen molar-refractivity contribution < 1.29 is 35.9 Å². The maximum absolute atomic E-state index is 13.5. The van der Waals surface area contributed by atoms with Crippen LogP contribution in [0, 0.1) is 5.82 Å². The number of carbonyl (C=O) groups is 1. The highest BCUT2D eigenvalue weighted by molar-refractivity contribution is 5.89. The third kappa shape index (κ3) is 5.57. The van der Waals surface area contributed by atoms with Gasteiger partial charge in [0.15, 0.2) is 11.6 Å². The largest absolute Gasteiger partial charge is 0.432 e. The van der Waals surface area contributed by atoms with Gasteiger partial charge in [0.25, 0.3) is 0 Å². The number of anilines is 1. The highest BCUT2D eigenvalue weighted by Crippen LogP contribution is 2.29. The predicted octanol–water partition coefficient (Wildman–Crippen LogP) is 4.77. The molecule has 4 nitrogen and oxygen atoms in total. The van der Waals surface area contributed by atoms with Crippen molar-refractivity contribution in [1.29, 1.82) is 0 Å². The van der Waals surface area contributed by atoms with Gasteiger partial charge in [-0.1, -0.05) is 12.1 Å². The summed E-state index contributed by atoms with van der Waals surface area (Å²) in [6.45, 7) is -3.40. The Balaban J connectivity index is 1.94. The van der Waals surface area contributed by atoms with E-state index >= 15 is 0 Å². The molecule has 0 heterocycles. The van der Waals surface area contributed by atoms with Crippen molar-refractivity contribution in [3.05, 3.63) is 59.4 Å². The normalized spacial score (nSPS) is 11.3. The number of hydrogen-bond acceptors (Lipinski definition) is 2. The van der Waals surface area contributed by atoms with Gasteiger partial charge in [0, 0.05) is 18.3 Å². The second-order valence-corrected chi connectivity index (χ2v) is 5.03. The van der Waals surface area contributed by atoms with Crippen LogP contribution in [0.1, 0.15) is 11.1 Å². The first-order valence-corrected chi connectivity index (χ1v) is 7.10. The van der Waals surface area contributed by atoms with E-state index in [1.54, 1.807) is 0 Å². The Morgan fingerprint density at radius 3 is 2.46 bits per heavy atom. The standard InChI is InChI=1S/C16H12F6N2O2/c17-12-7-11(4-5-13(12)26-14(18)19)24-15(25)23-8-9-2-1-3-10(6-9)16(20,21)22/h1-7,14H,8H2,(H2,23,24,25). The number of hydrogen-bond donors (Lipinski definition) is 2. The molecule has 0 aliphatic heterocycles. The van der Waals surface area contributed by atoms with Crippen molar-refractivity contribution in [2.45, 2.75) is 19.3 Å². The first-order valence-electron chi connectivity index (χ1n) is 7.10.